The Hall–Kier alpha value is -1.06. The van der Waals surface area contributed by atoms with Gasteiger partial charge in [-0.25, -0.2) is 0 Å². The predicted molar refractivity (Wildman–Crippen MR) is 65.8 cm³/mol. The quantitative estimate of drug-likeness (QED) is 0.769. The minimum atomic E-state index is -0.0183. The SMILES string of the molecule is CCO[C@H](CN)COc1cccc(CC)c1. The number of aryl methyl sites for hydroxylation is 1. The first-order chi connectivity index (χ1) is 7.80. The molecule has 3 heteroatoms. The van der Waals surface area contributed by atoms with Crippen LogP contribution in [0.25, 0.3) is 0 Å². The van der Waals surface area contributed by atoms with Crippen molar-refractivity contribution < 1.29 is 9.47 Å². The summed E-state index contributed by atoms with van der Waals surface area (Å²) in [6.45, 7) is 5.75. The minimum Gasteiger partial charge on any atom is -0.491 e. The number of rotatable bonds is 7. The predicted octanol–water partition coefficient (Wildman–Crippen LogP) is 1.99. The third-order valence-electron chi connectivity index (χ3n) is 2.41. The van der Waals surface area contributed by atoms with Crippen LogP contribution in [-0.4, -0.2) is 25.9 Å². The molecule has 2 N–H and O–H groups in total. The molecule has 0 aliphatic carbocycles. The molecule has 3 nitrogen and oxygen atoms in total. The first-order valence-electron chi connectivity index (χ1n) is 5.83. The van der Waals surface area contributed by atoms with Crippen LogP contribution in [-0.2, 0) is 11.2 Å². The first-order valence-corrected chi connectivity index (χ1v) is 5.83. The maximum absolute atomic E-state index is 5.65. The van der Waals surface area contributed by atoms with Gasteiger partial charge in [-0.3, -0.25) is 0 Å². The molecular formula is C13H21NO2. The number of hydrogen-bond acceptors (Lipinski definition) is 3. The van der Waals surface area contributed by atoms with Gasteiger partial charge in [-0.05, 0) is 31.0 Å². The number of ether oxygens (including phenoxy) is 2. The molecule has 90 valence electrons. The molecule has 0 spiro atoms. The number of nitrogens with two attached hydrogens (primary N) is 1. The van der Waals surface area contributed by atoms with E-state index in [0.717, 1.165) is 12.2 Å². The Morgan fingerprint density at radius 1 is 1.31 bits per heavy atom. The third-order valence-corrected chi connectivity index (χ3v) is 2.41. The normalized spacial score (nSPS) is 12.4. The van der Waals surface area contributed by atoms with Crippen molar-refractivity contribution in [1.82, 2.24) is 0 Å². The second kappa shape index (κ2) is 7.25. The molecule has 0 amide bonds. The summed E-state index contributed by atoms with van der Waals surface area (Å²) in [7, 11) is 0. The minimum absolute atomic E-state index is 0.0183. The van der Waals surface area contributed by atoms with E-state index >= 15 is 0 Å². The van der Waals surface area contributed by atoms with Crippen LogP contribution in [0.5, 0.6) is 5.75 Å². The molecule has 0 aliphatic heterocycles. The van der Waals surface area contributed by atoms with E-state index in [9.17, 15) is 0 Å². The summed E-state index contributed by atoms with van der Waals surface area (Å²) in [6.07, 6.45) is 0.999. The molecular weight excluding hydrogens is 202 g/mol. The van der Waals surface area contributed by atoms with Crippen molar-refractivity contribution in [3.8, 4) is 5.75 Å². The Labute approximate surface area is 97.6 Å². The van der Waals surface area contributed by atoms with E-state index in [2.05, 4.69) is 19.1 Å². The summed E-state index contributed by atoms with van der Waals surface area (Å²) in [5.74, 6) is 0.887. The topological polar surface area (TPSA) is 44.5 Å². The van der Waals surface area contributed by atoms with E-state index in [1.54, 1.807) is 0 Å². The lowest BCUT2D eigenvalue weighted by Gasteiger charge is -2.16. The van der Waals surface area contributed by atoms with Gasteiger partial charge in [0.25, 0.3) is 0 Å². The van der Waals surface area contributed by atoms with Crippen LogP contribution in [0, 0.1) is 0 Å². The third kappa shape index (κ3) is 4.21. The van der Waals surface area contributed by atoms with Gasteiger partial charge in [0, 0.05) is 13.2 Å². The van der Waals surface area contributed by atoms with Crippen LogP contribution in [0.4, 0.5) is 0 Å². The largest absolute Gasteiger partial charge is 0.491 e. The van der Waals surface area contributed by atoms with E-state index in [1.165, 1.54) is 5.56 Å². The van der Waals surface area contributed by atoms with Gasteiger partial charge in [-0.1, -0.05) is 19.1 Å². The highest BCUT2D eigenvalue weighted by molar-refractivity contribution is 5.28. The highest BCUT2D eigenvalue weighted by atomic mass is 16.5. The molecule has 0 bridgehead atoms. The molecule has 0 aromatic heterocycles. The molecule has 16 heavy (non-hydrogen) atoms. The van der Waals surface area contributed by atoms with Gasteiger partial charge in [-0.15, -0.1) is 0 Å². The standard InChI is InChI=1S/C13H21NO2/c1-3-11-6-5-7-12(8-11)16-10-13(9-14)15-4-2/h5-8,13H,3-4,9-10,14H2,1-2H3/t13-/m1/s1. The Bertz CT molecular complexity index is 302. The molecule has 1 atom stereocenters. The lowest BCUT2D eigenvalue weighted by atomic mass is 10.2. The summed E-state index contributed by atoms with van der Waals surface area (Å²) in [5.41, 5.74) is 6.85. The van der Waals surface area contributed by atoms with Crippen LogP contribution < -0.4 is 10.5 Å². The van der Waals surface area contributed by atoms with Gasteiger partial charge in [0.2, 0.25) is 0 Å². The van der Waals surface area contributed by atoms with Crippen molar-refractivity contribution in [2.24, 2.45) is 5.73 Å². The molecule has 0 saturated carbocycles. The van der Waals surface area contributed by atoms with Crippen molar-refractivity contribution in [3.05, 3.63) is 29.8 Å². The van der Waals surface area contributed by atoms with Crippen molar-refractivity contribution in [2.75, 3.05) is 19.8 Å². The molecule has 0 fully saturated rings. The molecule has 0 unspecified atom stereocenters. The van der Waals surface area contributed by atoms with Gasteiger partial charge in [0.05, 0.1) is 0 Å². The van der Waals surface area contributed by atoms with E-state index in [4.69, 9.17) is 15.2 Å². The molecule has 0 radical (unpaired) electrons. The Balaban J connectivity index is 2.46. The summed E-state index contributed by atoms with van der Waals surface area (Å²) >= 11 is 0. The Kier molecular flexibility index (Phi) is 5.90. The summed E-state index contributed by atoms with van der Waals surface area (Å²) < 4.78 is 11.1. The Morgan fingerprint density at radius 3 is 2.75 bits per heavy atom. The van der Waals surface area contributed by atoms with Gasteiger partial charge in [0.1, 0.15) is 18.5 Å². The van der Waals surface area contributed by atoms with E-state index in [0.29, 0.717) is 19.8 Å². The average Bonchev–Trinajstić information content (AvgIpc) is 2.34. The zero-order valence-electron chi connectivity index (χ0n) is 10.1. The van der Waals surface area contributed by atoms with Crippen molar-refractivity contribution in [3.63, 3.8) is 0 Å². The van der Waals surface area contributed by atoms with Crippen molar-refractivity contribution in [1.29, 1.82) is 0 Å². The molecule has 0 saturated heterocycles. The molecule has 1 rings (SSSR count). The van der Waals surface area contributed by atoms with Crippen molar-refractivity contribution in [2.45, 2.75) is 26.4 Å². The number of benzene rings is 1. The highest BCUT2D eigenvalue weighted by Crippen LogP contribution is 2.14. The highest BCUT2D eigenvalue weighted by Gasteiger charge is 2.06. The molecule has 1 aromatic carbocycles. The van der Waals surface area contributed by atoms with Crippen LogP contribution in [0.1, 0.15) is 19.4 Å². The first kappa shape index (κ1) is 13.0. The van der Waals surface area contributed by atoms with E-state index in [-0.39, 0.29) is 6.10 Å². The summed E-state index contributed by atoms with van der Waals surface area (Å²) in [4.78, 5) is 0. The van der Waals surface area contributed by atoms with E-state index in [1.807, 2.05) is 19.1 Å². The Morgan fingerprint density at radius 2 is 2.12 bits per heavy atom. The van der Waals surface area contributed by atoms with Crippen molar-refractivity contribution >= 4 is 0 Å². The van der Waals surface area contributed by atoms with Gasteiger partial charge in [-0.2, -0.15) is 0 Å². The van der Waals surface area contributed by atoms with Crippen LogP contribution in [0.2, 0.25) is 0 Å². The molecule has 0 aliphatic rings. The van der Waals surface area contributed by atoms with Gasteiger partial charge >= 0.3 is 0 Å². The zero-order valence-corrected chi connectivity index (χ0v) is 10.1. The summed E-state index contributed by atoms with van der Waals surface area (Å²) in [6, 6.07) is 8.11. The second-order valence-electron chi connectivity index (χ2n) is 3.63. The van der Waals surface area contributed by atoms with Crippen LogP contribution in [0.3, 0.4) is 0 Å². The molecule has 1 aromatic rings. The average molecular weight is 223 g/mol. The maximum atomic E-state index is 5.65. The lowest BCUT2D eigenvalue weighted by molar-refractivity contribution is 0.0337. The smallest absolute Gasteiger partial charge is 0.119 e. The van der Waals surface area contributed by atoms with Crippen LogP contribution >= 0.6 is 0 Å². The fourth-order valence-corrected chi connectivity index (χ4v) is 1.46. The fraction of sp³-hybridized carbons (Fsp3) is 0.538. The van der Waals surface area contributed by atoms with Gasteiger partial charge in [0.15, 0.2) is 0 Å². The lowest BCUT2D eigenvalue weighted by Crippen LogP contribution is -2.30. The molecule has 0 heterocycles. The van der Waals surface area contributed by atoms with E-state index < -0.39 is 0 Å². The fourth-order valence-electron chi connectivity index (χ4n) is 1.46. The second-order valence-corrected chi connectivity index (χ2v) is 3.63. The van der Waals surface area contributed by atoms with Crippen LogP contribution in [0.15, 0.2) is 24.3 Å². The number of hydrogen-bond donors (Lipinski definition) is 1. The van der Waals surface area contributed by atoms with Gasteiger partial charge < -0.3 is 15.2 Å². The monoisotopic (exact) mass is 223 g/mol. The summed E-state index contributed by atoms with van der Waals surface area (Å²) in [5, 5.41) is 0. The zero-order chi connectivity index (χ0) is 11.8. The maximum Gasteiger partial charge on any atom is 0.119 e.